The highest BCUT2D eigenvalue weighted by molar-refractivity contribution is 5.50. The van der Waals surface area contributed by atoms with Crippen LogP contribution in [0.4, 0.5) is 5.69 Å². The predicted octanol–water partition coefficient (Wildman–Crippen LogP) is 3.41. The molecule has 2 nitrogen and oxygen atoms in total. The molecule has 0 heterocycles. The highest BCUT2D eigenvalue weighted by Gasteiger charge is 1.92. The molecule has 0 bridgehead atoms. The lowest BCUT2D eigenvalue weighted by Crippen LogP contribution is -1.82. The zero-order chi connectivity index (χ0) is 9.52. The molecule has 0 atom stereocenters. The molecular weight excluding hydrogens is 160 g/mol. The van der Waals surface area contributed by atoms with Gasteiger partial charge in [0.1, 0.15) is 0 Å². The molecule has 0 radical (unpaired) electrons. The quantitative estimate of drug-likeness (QED) is 0.679. The molecular formula is C11H14N2. The van der Waals surface area contributed by atoms with Gasteiger partial charge in [-0.2, -0.15) is 4.99 Å². The Balaban J connectivity index is 2.63. The third kappa shape index (κ3) is 3.22. The molecule has 0 aliphatic rings. The monoisotopic (exact) mass is 174 g/mol. The van der Waals surface area contributed by atoms with Crippen molar-refractivity contribution in [2.45, 2.75) is 26.2 Å². The lowest BCUT2D eigenvalue weighted by atomic mass is 10.1. The molecule has 1 aromatic carbocycles. The summed E-state index contributed by atoms with van der Waals surface area (Å²) in [6.45, 7) is 2.19. The summed E-state index contributed by atoms with van der Waals surface area (Å²) in [5.41, 5.74) is 2.14. The zero-order valence-corrected chi connectivity index (χ0v) is 7.88. The maximum Gasteiger partial charge on any atom is 0.0918 e. The number of aryl methyl sites for hydroxylation is 1. The van der Waals surface area contributed by atoms with Crippen molar-refractivity contribution in [1.29, 1.82) is 5.41 Å². The van der Waals surface area contributed by atoms with Crippen LogP contribution in [-0.2, 0) is 6.42 Å². The third-order valence-corrected chi connectivity index (χ3v) is 1.94. The number of unbranched alkanes of at least 4 members (excludes halogenated alkanes) is 1. The number of aliphatic imine (C=N–C) groups is 1. The SMILES string of the molecule is CCCCc1ccc(N=C=N)cc1. The number of benzene rings is 1. The van der Waals surface area contributed by atoms with E-state index < -0.39 is 0 Å². The van der Waals surface area contributed by atoms with Crippen molar-refractivity contribution < 1.29 is 0 Å². The van der Waals surface area contributed by atoms with Crippen LogP contribution >= 0.6 is 0 Å². The smallest absolute Gasteiger partial charge is 0.0918 e. The predicted molar refractivity (Wildman–Crippen MR) is 54.9 cm³/mol. The fourth-order valence-electron chi connectivity index (χ4n) is 1.18. The van der Waals surface area contributed by atoms with Gasteiger partial charge in [0.15, 0.2) is 0 Å². The second-order valence-electron chi connectivity index (χ2n) is 2.99. The summed E-state index contributed by atoms with van der Waals surface area (Å²) in [6.07, 6.45) is 3.58. The average Bonchev–Trinajstić information content (AvgIpc) is 2.17. The van der Waals surface area contributed by atoms with E-state index >= 15 is 0 Å². The van der Waals surface area contributed by atoms with Crippen molar-refractivity contribution >= 4 is 11.7 Å². The van der Waals surface area contributed by atoms with Crippen LogP contribution in [0.3, 0.4) is 0 Å². The molecule has 1 aromatic rings. The summed E-state index contributed by atoms with van der Waals surface area (Å²) in [5, 5.41) is 6.69. The first-order valence-electron chi connectivity index (χ1n) is 4.58. The maximum atomic E-state index is 6.69. The zero-order valence-electron chi connectivity index (χ0n) is 7.88. The minimum Gasteiger partial charge on any atom is -0.241 e. The molecule has 0 aliphatic carbocycles. The first kappa shape index (κ1) is 9.69. The van der Waals surface area contributed by atoms with Crippen LogP contribution in [0.15, 0.2) is 29.3 Å². The van der Waals surface area contributed by atoms with Crippen molar-refractivity contribution in [3.8, 4) is 0 Å². The van der Waals surface area contributed by atoms with Gasteiger partial charge in [-0.05, 0) is 30.5 Å². The van der Waals surface area contributed by atoms with Crippen molar-refractivity contribution in [2.75, 3.05) is 0 Å². The van der Waals surface area contributed by atoms with E-state index in [2.05, 4.69) is 24.0 Å². The Morgan fingerprint density at radius 3 is 2.54 bits per heavy atom. The van der Waals surface area contributed by atoms with E-state index in [0.717, 1.165) is 12.1 Å². The number of nitrogens with one attached hydrogen (secondary N) is 1. The molecule has 0 aliphatic heterocycles. The average molecular weight is 174 g/mol. The lowest BCUT2D eigenvalue weighted by Gasteiger charge is -1.98. The molecule has 0 fully saturated rings. The van der Waals surface area contributed by atoms with Crippen LogP contribution in [-0.4, -0.2) is 6.01 Å². The van der Waals surface area contributed by atoms with Crippen molar-refractivity contribution in [2.24, 2.45) is 4.99 Å². The highest BCUT2D eigenvalue weighted by atomic mass is 14.7. The molecule has 0 saturated carbocycles. The lowest BCUT2D eigenvalue weighted by molar-refractivity contribution is 0.795. The van der Waals surface area contributed by atoms with E-state index in [4.69, 9.17) is 5.41 Å². The second-order valence-corrected chi connectivity index (χ2v) is 2.99. The molecule has 0 amide bonds. The minimum atomic E-state index is 0.801. The van der Waals surface area contributed by atoms with Gasteiger partial charge in [-0.1, -0.05) is 25.5 Å². The van der Waals surface area contributed by atoms with Crippen molar-refractivity contribution in [1.82, 2.24) is 0 Å². The summed E-state index contributed by atoms with van der Waals surface area (Å²) >= 11 is 0. The fraction of sp³-hybridized carbons (Fsp3) is 0.364. The van der Waals surface area contributed by atoms with Crippen LogP contribution < -0.4 is 0 Å². The van der Waals surface area contributed by atoms with Gasteiger partial charge >= 0.3 is 0 Å². The van der Waals surface area contributed by atoms with E-state index in [9.17, 15) is 0 Å². The van der Waals surface area contributed by atoms with Gasteiger partial charge in [-0.15, -0.1) is 0 Å². The number of hydrogen-bond acceptors (Lipinski definition) is 2. The van der Waals surface area contributed by atoms with Gasteiger partial charge in [0.05, 0.1) is 11.7 Å². The van der Waals surface area contributed by atoms with E-state index in [1.54, 1.807) is 0 Å². The maximum absolute atomic E-state index is 6.69. The van der Waals surface area contributed by atoms with Crippen LogP contribution in [0.25, 0.3) is 0 Å². The minimum absolute atomic E-state index is 0.801. The first-order chi connectivity index (χ1) is 6.36. The molecule has 1 N–H and O–H groups in total. The van der Waals surface area contributed by atoms with Gasteiger partial charge in [0.25, 0.3) is 0 Å². The van der Waals surface area contributed by atoms with E-state index in [-0.39, 0.29) is 0 Å². The summed E-state index contributed by atoms with van der Waals surface area (Å²) in [5.74, 6) is 0. The second kappa shape index (κ2) is 5.28. The Bertz CT molecular complexity index is 294. The van der Waals surface area contributed by atoms with E-state index in [0.29, 0.717) is 0 Å². The van der Waals surface area contributed by atoms with E-state index in [1.165, 1.54) is 18.4 Å². The highest BCUT2D eigenvalue weighted by Crippen LogP contribution is 2.13. The normalized spacial score (nSPS) is 9.31. The van der Waals surface area contributed by atoms with Gasteiger partial charge in [0.2, 0.25) is 0 Å². The summed E-state index contributed by atoms with van der Waals surface area (Å²) in [7, 11) is 0. The van der Waals surface area contributed by atoms with Crippen LogP contribution in [0.2, 0.25) is 0 Å². The summed E-state index contributed by atoms with van der Waals surface area (Å²) < 4.78 is 0. The molecule has 0 spiro atoms. The fourth-order valence-corrected chi connectivity index (χ4v) is 1.18. The molecule has 13 heavy (non-hydrogen) atoms. The Morgan fingerprint density at radius 2 is 2.00 bits per heavy atom. The molecule has 0 unspecified atom stereocenters. The van der Waals surface area contributed by atoms with Crippen LogP contribution in [0.5, 0.6) is 0 Å². The molecule has 2 heteroatoms. The van der Waals surface area contributed by atoms with Gasteiger partial charge in [-0.3, -0.25) is 0 Å². The van der Waals surface area contributed by atoms with E-state index in [1.807, 2.05) is 18.1 Å². The van der Waals surface area contributed by atoms with Crippen LogP contribution in [0, 0.1) is 5.41 Å². The number of nitrogens with zero attached hydrogens (tertiary/aromatic N) is 1. The Morgan fingerprint density at radius 1 is 1.31 bits per heavy atom. The van der Waals surface area contributed by atoms with Crippen molar-refractivity contribution in [3.63, 3.8) is 0 Å². The molecule has 68 valence electrons. The summed E-state index contributed by atoms with van der Waals surface area (Å²) in [6, 6.07) is 9.99. The molecule has 0 saturated heterocycles. The Labute approximate surface area is 78.8 Å². The largest absolute Gasteiger partial charge is 0.241 e. The van der Waals surface area contributed by atoms with Gasteiger partial charge in [-0.25, -0.2) is 5.41 Å². The first-order valence-corrected chi connectivity index (χ1v) is 4.58. The third-order valence-electron chi connectivity index (χ3n) is 1.94. The number of hydrogen-bond donors (Lipinski definition) is 1. The Hall–Kier alpha value is -1.40. The van der Waals surface area contributed by atoms with Crippen LogP contribution in [0.1, 0.15) is 25.3 Å². The summed E-state index contributed by atoms with van der Waals surface area (Å²) in [4.78, 5) is 3.74. The topological polar surface area (TPSA) is 36.2 Å². The molecule has 1 rings (SSSR count). The Kier molecular flexibility index (Phi) is 3.94. The van der Waals surface area contributed by atoms with Gasteiger partial charge < -0.3 is 0 Å². The standard InChI is InChI=1S/C11H14N2/c1-2-3-4-10-5-7-11(8-6-10)13-9-12/h5-8,12H,2-4H2,1H3. The molecule has 0 aromatic heterocycles. The number of rotatable bonds is 4. The van der Waals surface area contributed by atoms with Gasteiger partial charge in [0, 0.05) is 0 Å². The van der Waals surface area contributed by atoms with Crippen molar-refractivity contribution in [3.05, 3.63) is 29.8 Å².